The second-order valence-corrected chi connectivity index (χ2v) is 6.39. The number of ether oxygens (including phenoxy) is 1. The minimum atomic E-state index is -3.20. The second-order valence-electron chi connectivity index (χ2n) is 4.38. The van der Waals surface area contributed by atoms with Crippen molar-refractivity contribution in [3.63, 3.8) is 0 Å². The summed E-state index contributed by atoms with van der Waals surface area (Å²) in [7, 11) is -3.20. The van der Waals surface area contributed by atoms with Crippen LogP contribution in [-0.4, -0.2) is 33.3 Å². The summed E-state index contributed by atoms with van der Waals surface area (Å²) in [6.07, 6.45) is 6.06. The Morgan fingerprint density at radius 2 is 2.05 bits per heavy atom. The smallest absolute Gasteiger partial charge is 0.338 e. The van der Waals surface area contributed by atoms with Gasteiger partial charge < -0.3 is 4.74 Å². The topological polar surface area (TPSA) is 63.7 Å². The quantitative estimate of drug-likeness (QED) is 0.478. The molecular weight excluding hydrogens is 278 g/mol. The summed E-state index contributed by atoms with van der Waals surface area (Å²) in [5.41, 5.74) is 0.949. The van der Waals surface area contributed by atoms with Crippen LogP contribution in [-0.2, 0) is 14.8 Å². The Bertz CT molecular complexity index is 628. The van der Waals surface area contributed by atoms with Crippen molar-refractivity contribution in [2.45, 2.75) is 12.8 Å². The van der Waals surface area contributed by atoms with Crippen molar-refractivity contribution >= 4 is 21.7 Å². The van der Waals surface area contributed by atoms with Crippen LogP contribution in [0.3, 0.4) is 0 Å². The largest absolute Gasteiger partial charge is 0.461 e. The number of carbonyl (C=O) groups is 1. The van der Waals surface area contributed by atoms with Crippen LogP contribution in [0, 0.1) is 12.3 Å². The summed E-state index contributed by atoms with van der Waals surface area (Å²) < 4.78 is 29.9. The van der Waals surface area contributed by atoms with Gasteiger partial charge in [-0.15, -0.1) is 12.3 Å². The molecule has 1 saturated heterocycles. The normalized spacial score (nSPS) is 16.6. The molecule has 0 aromatic heterocycles. The summed E-state index contributed by atoms with van der Waals surface area (Å²) in [4.78, 5) is 11.7. The van der Waals surface area contributed by atoms with Gasteiger partial charge in [-0.05, 0) is 30.7 Å². The van der Waals surface area contributed by atoms with Crippen molar-refractivity contribution in [1.82, 2.24) is 0 Å². The molecule has 0 unspecified atom stereocenters. The van der Waals surface area contributed by atoms with E-state index in [1.807, 2.05) is 0 Å². The molecule has 6 heteroatoms. The number of carbonyl (C=O) groups excluding carboxylic acids is 1. The lowest BCUT2D eigenvalue weighted by Gasteiger charge is -2.16. The Labute approximate surface area is 118 Å². The van der Waals surface area contributed by atoms with Crippen LogP contribution in [0.15, 0.2) is 24.3 Å². The Morgan fingerprint density at radius 1 is 1.35 bits per heavy atom. The molecule has 1 aromatic rings. The standard InChI is InChI=1S/C14H15NO4S/c1-2-3-10-19-14(16)12-5-7-13(8-6-12)15-9-4-11-20(15,17)18/h1,5-8H,3-4,9-11H2. The summed E-state index contributed by atoms with van der Waals surface area (Å²) >= 11 is 0. The number of nitrogens with zero attached hydrogens (tertiary/aromatic N) is 1. The van der Waals surface area contributed by atoms with E-state index in [0.717, 1.165) is 0 Å². The molecule has 1 fully saturated rings. The third-order valence-corrected chi connectivity index (χ3v) is 4.84. The molecule has 20 heavy (non-hydrogen) atoms. The van der Waals surface area contributed by atoms with Crippen LogP contribution in [0.2, 0.25) is 0 Å². The summed E-state index contributed by atoms with van der Waals surface area (Å²) in [6, 6.07) is 6.34. The van der Waals surface area contributed by atoms with Crippen molar-refractivity contribution in [3.8, 4) is 12.3 Å². The van der Waals surface area contributed by atoms with Crippen LogP contribution in [0.5, 0.6) is 0 Å². The number of benzene rings is 1. The molecule has 5 nitrogen and oxygen atoms in total. The van der Waals surface area contributed by atoms with Gasteiger partial charge >= 0.3 is 5.97 Å². The Kier molecular flexibility index (Phi) is 4.30. The maximum Gasteiger partial charge on any atom is 0.338 e. The zero-order chi connectivity index (χ0) is 14.6. The average Bonchev–Trinajstić information content (AvgIpc) is 2.79. The number of hydrogen-bond donors (Lipinski definition) is 0. The SMILES string of the molecule is C#CCCOC(=O)c1ccc(N2CCCS2(=O)=O)cc1. The first-order valence-corrected chi connectivity index (χ1v) is 7.86. The summed E-state index contributed by atoms with van der Waals surface area (Å²) in [6.45, 7) is 0.659. The van der Waals surface area contributed by atoms with E-state index < -0.39 is 16.0 Å². The van der Waals surface area contributed by atoms with Crippen molar-refractivity contribution in [3.05, 3.63) is 29.8 Å². The fraction of sp³-hybridized carbons (Fsp3) is 0.357. The third-order valence-electron chi connectivity index (χ3n) is 2.97. The molecule has 0 radical (unpaired) electrons. The lowest BCUT2D eigenvalue weighted by atomic mass is 10.2. The zero-order valence-corrected chi connectivity index (χ0v) is 11.7. The second kappa shape index (κ2) is 5.97. The zero-order valence-electron chi connectivity index (χ0n) is 10.9. The van der Waals surface area contributed by atoms with Crippen LogP contribution in [0.1, 0.15) is 23.2 Å². The van der Waals surface area contributed by atoms with Gasteiger partial charge in [0.1, 0.15) is 6.61 Å². The molecular formula is C14H15NO4S. The van der Waals surface area contributed by atoms with Gasteiger partial charge in [0.15, 0.2) is 0 Å². The number of rotatable bonds is 4. The van der Waals surface area contributed by atoms with Crippen molar-refractivity contribution in [2.24, 2.45) is 0 Å². The number of anilines is 1. The maximum atomic E-state index is 11.8. The van der Waals surface area contributed by atoms with Gasteiger partial charge in [-0.3, -0.25) is 4.31 Å². The van der Waals surface area contributed by atoms with Crippen molar-refractivity contribution < 1.29 is 17.9 Å². The van der Waals surface area contributed by atoms with Gasteiger partial charge in [0, 0.05) is 13.0 Å². The van der Waals surface area contributed by atoms with Gasteiger partial charge in [-0.1, -0.05) is 0 Å². The van der Waals surface area contributed by atoms with Crippen LogP contribution in [0.25, 0.3) is 0 Å². The molecule has 0 saturated carbocycles. The van der Waals surface area contributed by atoms with Crippen molar-refractivity contribution in [2.75, 3.05) is 23.2 Å². The molecule has 2 rings (SSSR count). The molecule has 0 atom stereocenters. The van der Waals surface area contributed by atoms with E-state index in [-0.39, 0.29) is 12.4 Å². The third kappa shape index (κ3) is 3.11. The van der Waals surface area contributed by atoms with Gasteiger partial charge in [0.2, 0.25) is 10.0 Å². The van der Waals surface area contributed by atoms with Gasteiger partial charge in [0.25, 0.3) is 0 Å². The lowest BCUT2D eigenvalue weighted by Crippen LogP contribution is -2.25. The molecule has 0 amide bonds. The first kappa shape index (κ1) is 14.4. The van der Waals surface area contributed by atoms with E-state index >= 15 is 0 Å². The Hall–Kier alpha value is -2.00. The fourth-order valence-electron chi connectivity index (χ4n) is 1.98. The van der Waals surface area contributed by atoms with E-state index in [4.69, 9.17) is 11.2 Å². The molecule has 0 bridgehead atoms. The molecule has 106 valence electrons. The molecule has 0 spiro atoms. The number of hydrogen-bond acceptors (Lipinski definition) is 4. The molecule has 1 aromatic carbocycles. The highest BCUT2D eigenvalue weighted by atomic mass is 32.2. The van der Waals surface area contributed by atoms with Crippen LogP contribution >= 0.6 is 0 Å². The van der Waals surface area contributed by atoms with Crippen LogP contribution < -0.4 is 4.31 Å². The van der Waals surface area contributed by atoms with Crippen LogP contribution in [0.4, 0.5) is 5.69 Å². The average molecular weight is 293 g/mol. The highest BCUT2D eigenvalue weighted by Gasteiger charge is 2.28. The Balaban J connectivity index is 2.07. The predicted molar refractivity (Wildman–Crippen MR) is 75.9 cm³/mol. The molecule has 0 N–H and O–H groups in total. The number of sulfonamides is 1. The summed E-state index contributed by atoms with van der Waals surface area (Å²) in [5, 5.41) is 0. The monoisotopic (exact) mass is 293 g/mol. The van der Waals surface area contributed by atoms with E-state index in [2.05, 4.69) is 5.92 Å². The lowest BCUT2D eigenvalue weighted by molar-refractivity contribution is 0.0514. The number of esters is 1. The molecule has 1 heterocycles. The minimum Gasteiger partial charge on any atom is -0.461 e. The van der Waals surface area contributed by atoms with Crippen molar-refractivity contribution in [1.29, 1.82) is 0 Å². The van der Waals surface area contributed by atoms with E-state index in [9.17, 15) is 13.2 Å². The van der Waals surface area contributed by atoms with Gasteiger partial charge in [-0.25, -0.2) is 13.2 Å². The van der Waals surface area contributed by atoms with Gasteiger partial charge in [0.05, 0.1) is 17.0 Å². The Morgan fingerprint density at radius 3 is 2.60 bits per heavy atom. The minimum absolute atomic E-state index is 0.170. The first-order valence-electron chi connectivity index (χ1n) is 6.25. The predicted octanol–water partition coefficient (Wildman–Crippen LogP) is 1.41. The highest BCUT2D eigenvalue weighted by Crippen LogP contribution is 2.24. The molecule has 1 aliphatic heterocycles. The van der Waals surface area contributed by atoms with Gasteiger partial charge in [-0.2, -0.15) is 0 Å². The summed E-state index contributed by atoms with van der Waals surface area (Å²) in [5.74, 6) is 2.09. The maximum absolute atomic E-state index is 11.8. The fourth-order valence-corrected chi connectivity index (χ4v) is 3.54. The number of terminal acetylenes is 1. The first-order chi connectivity index (χ1) is 9.54. The van der Waals surface area contributed by atoms with E-state index in [0.29, 0.717) is 30.6 Å². The molecule has 0 aliphatic carbocycles. The van der Waals surface area contributed by atoms with E-state index in [1.165, 1.54) is 4.31 Å². The van der Waals surface area contributed by atoms with E-state index in [1.54, 1.807) is 24.3 Å². The highest BCUT2D eigenvalue weighted by molar-refractivity contribution is 7.93. The molecule has 1 aliphatic rings.